The maximum absolute atomic E-state index is 12.9. The smallest absolute Gasteiger partial charge is 0.286 e. The van der Waals surface area contributed by atoms with Gasteiger partial charge in [0.05, 0.1) is 0 Å². The molecule has 0 amide bonds. The highest BCUT2D eigenvalue weighted by Crippen LogP contribution is 2.25. The van der Waals surface area contributed by atoms with Crippen molar-refractivity contribution in [2.24, 2.45) is 10.2 Å². The lowest BCUT2D eigenvalue weighted by Crippen LogP contribution is -2.37. The molecule has 1 aromatic heterocycles. The van der Waals surface area contributed by atoms with Crippen LogP contribution in [-0.2, 0) is 20.0 Å². The van der Waals surface area contributed by atoms with E-state index in [1.165, 1.54) is 24.3 Å². The largest absolute Gasteiger partial charge is 0.293 e. The Morgan fingerprint density at radius 2 is 1.57 bits per heavy atom. The van der Waals surface area contributed by atoms with E-state index >= 15 is 0 Å². The van der Waals surface area contributed by atoms with Crippen LogP contribution in [0, 0.1) is 13.8 Å². The van der Waals surface area contributed by atoms with Crippen molar-refractivity contribution in [1.82, 2.24) is 19.7 Å². The fraction of sp³-hybridized carbons (Fsp3) is 0.353. The molecule has 30 heavy (non-hydrogen) atoms. The second-order valence-corrected chi connectivity index (χ2v) is 9.67. The number of nitrogens with one attached hydrogen (secondary N) is 2. The van der Waals surface area contributed by atoms with Gasteiger partial charge in [-0.25, -0.2) is 24.2 Å². The van der Waals surface area contributed by atoms with Crippen LogP contribution in [0.4, 0.5) is 5.95 Å². The first-order chi connectivity index (χ1) is 14.0. The Bertz CT molecular complexity index is 1120. The van der Waals surface area contributed by atoms with Crippen LogP contribution in [0.5, 0.6) is 0 Å². The summed E-state index contributed by atoms with van der Waals surface area (Å²) >= 11 is 0. The van der Waals surface area contributed by atoms with Gasteiger partial charge in [0.2, 0.25) is 21.9 Å². The molecule has 4 N–H and O–H groups in total. The molecule has 0 saturated heterocycles. The van der Waals surface area contributed by atoms with Crippen molar-refractivity contribution >= 4 is 32.0 Å². The summed E-state index contributed by atoms with van der Waals surface area (Å²) in [5.74, 6) is 5.13. The maximum Gasteiger partial charge on any atom is 0.286 e. The number of hydrogen-bond acceptors (Lipinski definition) is 7. The molecule has 0 aliphatic rings. The van der Waals surface area contributed by atoms with Gasteiger partial charge in [-0.3, -0.25) is 10.7 Å². The molecule has 2 aromatic rings. The molecule has 0 aliphatic carbocycles. The zero-order chi connectivity index (χ0) is 22.5. The van der Waals surface area contributed by atoms with Gasteiger partial charge in [-0.1, -0.05) is 26.0 Å². The van der Waals surface area contributed by atoms with Crippen LogP contribution in [0.15, 0.2) is 44.5 Å². The average Bonchev–Trinajstić information content (AvgIpc) is 2.67. The van der Waals surface area contributed by atoms with Crippen LogP contribution in [0.2, 0.25) is 0 Å². The number of sulfonamides is 2. The molecule has 0 atom stereocenters. The van der Waals surface area contributed by atoms with Gasteiger partial charge in [-0.15, -0.1) is 4.40 Å². The lowest BCUT2D eigenvalue weighted by atomic mass is 10.4. The standard InChI is InChI=1S/C17H25N7O4S2/c1-5-24(6-2)30(27,28)15-10-8-7-9-14(15)29(25,26)23-17(22-18)21-16-19-12(3)11-13(4)20-16/h7-11H,5-6,18H2,1-4H3,(H2,19,20,21,22,23). The van der Waals surface area contributed by atoms with Gasteiger partial charge in [0, 0.05) is 24.5 Å². The predicted octanol–water partition coefficient (Wildman–Crippen LogP) is 0.744. The number of nitrogens with zero attached hydrogens (tertiary/aromatic N) is 4. The summed E-state index contributed by atoms with van der Waals surface area (Å²) in [5.41, 5.74) is 3.44. The summed E-state index contributed by atoms with van der Waals surface area (Å²) < 4.78 is 56.5. The molecule has 2 rings (SSSR count). The van der Waals surface area contributed by atoms with E-state index in [9.17, 15) is 16.8 Å². The number of nitrogens with two attached hydrogens (primary N) is 1. The summed E-state index contributed by atoms with van der Waals surface area (Å²) in [4.78, 5) is 7.43. The number of anilines is 1. The Hall–Kier alpha value is -2.61. The molecule has 0 bridgehead atoms. The molecule has 11 nitrogen and oxygen atoms in total. The van der Waals surface area contributed by atoms with Crippen LogP contribution in [0.3, 0.4) is 0 Å². The third kappa shape index (κ3) is 5.30. The third-order valence-corrected chi connectivity index (χ3v) is 7.58. The van der Waals surface area contributed by atoms with Crippen LogP contribution in [-0.4, -0.2) is 50.2 Å². The van der Waals surface area contributed by atoms with Gasteiger partial charge in [-0.2, -0.15) is 12.7 Å². The molecule has 1 aromatic carbocycles. The average molecular weight is 456 g/mol. The number of rotatable bonds is 7. The second-order valence-electron chi connectivity index (χ2n) is 6.19. The monoisotopic (exact) mass is 455 g/mol. The first-order valence-electron chi connectivity index (χ1n) is 9.05. The minimum atomic E-state index is -4.45. The zero-order valence-corrected chi connectivity index (χ0v) is 18.7. The van der Waals surface area contributed by atoms with Crippen LogP contribution < -0.4 is 16.6 Å². The van der Waals surface area contributed by atoms with Crippen molar-refractivity contribution in [3.63, 3.8) is 0 Å². The zero-order valence-electron chi connectivity index (χ0n) is 17.1. The summed E-state index contributed by atoms with van der Waals surface area (Å²) in [6.07, 6.45) is 0. The number of guanidine groups is 1. The molecule has 0 unspecified atom stereocenters. The predicted molar refractivity (Wildman–Crippen MR) is 114 cm³/mol. The normalized spacial score (nSPS) is 12.8. The molecule has 0 saturated carbocycles. The topological polar surface area (TPSA) is 160 Å². The van der Waals surface area contributed by atoms with Crippen LogP contribution in [0.1, 0.15) is 25.2 Å². The molecule has 0 spiro atoms. The molecular weight excluding hydrogens is 430 g/mol. The summed E-state index contributed by atoms with van der Waals surface area (Å²) in [6, 6.07) is 7.01. The molecule has 1 heterocycles. The highest BCUT2D eigenvalue weighted by atomic mass is 32.2. The van der Waals surface area contributed by atoms with E-state index in [1.54, 1.807) is 33.8 Å². The lowest BCUT2D eigenvalue weighted by Gasteiger charge is -2.20. The summed E-state index contributed by atoms with van der Waals surface area (Å²) in [7, 11) is -8.49. The van der Waals surface area contributed by atoms with E-state index in [0.717, 1.165) is 4.31 Å². The first kappa shape index (κ1) is 23.7. The molecule has 0 aliphatic heterocycles. The Morgan fingerprint density at radius 3 is 2.07 bits per heavy atom. The van der Waals surface area contributed by atoms with Gasteiger partial charge in [-0.05, 0) is 32.0 Å². The Labute approximate surface area is 176 Å². The first-order valence-corrected chi connectivity index (χ1v) is 11.9. The van der Waals surface area contributed by atoms with Crippen molar-refractivity contribution < 1.29 is 16.8 Å². The quantitative estimate of drug-likeness (QED) is 0.237. The van der Waals surface area contributed by atoms with Crippen LogP contribution in [0.25, 0.3) is 0 Å². The van der Waals surface area contributed by atoms with E-state index < -0.39 is 24.9 Å². The number of aromatic nitrogens is 2. The van der Waals surface area contributed by atoms with Gasteiger partial charge in [0.1, 0.15) is 9.79 Å². The van der Waals surface area contributed by atoms with Crippen molar-refractivity contribution in [2.75, 3.05) is 18.4 Å². The van der Waals surface area contributed by atoms with Crippen molar-refractivity contribution in [3.05, 3.63) is 41.7 Å². The van der Waals surface area contributed by atoms with E-state index in [1.807, 2.05) is 0 Å². The SMILES string of the molecule is CCN(CC)S(=O)(=O)c1ccccc1S(=O)(=O)/N=C(/NN)Nc1nc(C)cc(C)n1. The van der Waals surface area contributed by atoms with E-state index in [-0.39, 0.29) is 29.9 Å². The number of hydrazine groups is 1. The Balaban J connectivity index is 2.53. The van der Waals surface area contributed by atoms with Crippen LogP contribution >= 0.6 is 0 Å². The fourth-order valence-corrected chi connectivity index (χ4v) is 5.89. The highest BCUT2D eigenvalue weighted by Gasteiger charge is 2.30. The highest BCUT2D eigenvalue weighted by molar-refractivity contribution is 7.92. The summed E-state index contributed by atoms with van der Waals surface area (Å²) in [5, 5.41) is 2.59. The lowest BCUT2D eigenvalue weighted by molar-refractivity contribution is 0.443. The molecule has 164 valence electrons. The fourth-order valence-electron chi connectivity index (χ4n) is 2.72. The van der Waals surface area contributed by atoms with Gasteiger partial charge in [0.25, 0.3) is 10.0 Å². The number of benzene rings is 1. The molecule has 13 heteroatoms. The van der Waals surface area contributed by atoms with Crippen molar-refractivity contribution in [2.45, 2.75) is 37.5 Å². The molecular formula is C17H25N7O4S2. The molecule has 0 fully saturated rings. The van der Waals surface area contributed by atoms with E-state index in [4.69, 9.17) is 5.84 Å². The Kier molecular flexibility index (Phi) is 7.47. The summed E-state index contributed by atoms with van der Waals surface area (Å²) in [6.45, 7) is 7.21. The van der Waals surface area contributed by atoms with Crippen molar-refractivity contribution in [3.8, 4) is 0 Å². The molecule has 0 radical (unpaired) electrons. The second kappa shape index (κ2) is 9.47. The minimum absolute atomic E-state index is 0.0865. The van der Waals surface area contributed by atoms with Crippen molar-refractivity contribution in [1.29, 1.82) is 0 Å². The number of hydrogen-bond donors (Lipinski definition) is 3. The van der Waals surface area contributed by atoms with Gasteiger partial charge >= 0.3 is 0 Å². The van der Waals surface area contributed by atoms with Gasteiger partial charge < -0.3 is 0 Å². The van der Waals surface area contributed by atoms with Gasteiger partial charge in [0.15, 0.2) is 0 Å². The minimum Gasteiger partial charge on any atom is -0.293 e. The van der Waals surface area contributed by atoms with E-state index in [2.05, 4.69) is 25.1 Å². The third-order valence-electron chi connectivity index (χ3n) is 4.01. The Morgan fingerprint density at radius 1 is 1.03 bits per heavy atom. The number of aryl methyl sites for hydroxylation is 2. The maximum atomic E-state index is 12.9. The van der Waals surface area contributed by atoms with E-state index in [0.29, 0.717) is 11.4 Å².